The molecule has 2 amide bonds. The Morgan fingerprint density at radius 2 is 1.72 bits per heavy atom. The summed E-state index contributed by atoms with van der Waals surface area (Å²) in [6.45, 7) is 3.60. The van der Waals surface area contributed by atoms with E-state index in [4.69, 9.17) is 5.73 Å². The predicted octanol–water partition coefficient (Wildman–Crippen LogP) is 0.232. The average Bonchev–Trinajstić information content (AvgIpc) is 3.20. The van der Waals surface area contributed by atoms with Crippen LogP contribution < -0.4 is 16.4 Å². The van der Waals surface area contributed by atoms with Crippen molar-refractivity contribution in [3.05, 3.63) is 54.1 Å². The van der Waals surface area contributed by atoms with Crippen LogP contribution in [-0.2, 0) is 27.2 Å². The number of aliphatic carboxylic acids is 1. The number of aromatic amines is 1. The number of carboxylic acid groups (broad SMARTS) is 1. The fourth-order valence-electron chi connectivity index (χ4n) is 2.72. The lowest BCUT2D eigenvalue weighted by Gasteiger charge is -2.23. The van der Waals surface area contributed by atoms with E-state index in [1.54, 1.807) is 38.1 Å². The Labute approximate surface area is 169 Å². The van der Waals surface area contributed by atoms with Crippen LogP contribution in [0.4, 0.5) is 0 Å². The Hall–Kier alpha value is -3.20. The van der Waals surface area contributed by atoms with Gasteiger partial charge >= 0.3 is 5.97 Å². The van der Waals surface area contributed by atoms with Gasteiger partial charge in [0, 0.05) is 24.7 Å². The first-order valence-corrected chi connectivity index (χ1v) is 9.38. The highest BCUT2D eigenvalue weighted by Gasteiger charge is 2.29. The number of carboxylic acids is 1. The van der Waals surface area contributed by atoms with Crippen molar-refractivity contribution in [2.45, 2.75) is 44.8 Å². The quantitative estimate of drug-likeness (QED) is 0.385. The zero-order valence-corrected chi connectivity index (χ0v) is 16.5. The standard InChI is InChI=1S/C20H27N5O4/c1-12(2)17(21)19(27)24-15(9-14-10-22-11-23-14)18(26)25-16(20(28)29)8-13-6-4-3-5-7-13/h3-7,10-12,15-17H,8-9,21H2,1-2H3,(H,22,23)(H,24,27)(H,25,26)(H,28,29)/t15-,16-,17-/m0/s1. The molecule has 0 aliphatic carbocycles. The second-order valence-corrected chi connectivity index (χ2v) is 7.20. The van der Waals surface area contributed by atoms with Crippen molar-refractivity contribution in [2.75, 3.05) is 0 Å². The molecule has 9 nitrogen and oxygen atoms in total. The summed E-state index contributed by atoms with van der Waals surface area (Å²) in [5, 5.41) is 14.7. The molecule has 1 aromatic carbocycles. The Kier molecular flexibility index (Phi) is 7.90. The Balaban J connectivity index is 2.13. The van der Waals surface area contributed by atoms with Crippen molar-refractivity contribution < 1.29 is 19.5 Å². The highest BCUT2D eigenvalue weighted by atomic mass is 16.4. The van der Waals surface area contributed by atoms with Crippen molar-refractivity contribution in [3.8, 4) is 0 Å². The van der Waals surface area contributed by atoms with E-state index in [0.29, 0.717) is 5.69 Å². The normalized spacial score (nSPS) is 14.1. The van der Waals surface area contributed by atoms with Gasteiger partial charge in [0.1, 0.15) is 12.1 Å². The lowest BCUT2D eigenvalue weighted by atomic mass is 10.0. The molecule has 0 aliphatic rings. The topological polar surface area (TPSA) is 150 Å². The number of hydrogen-bond donors (Lipinski definition) is 5. The molecule has 3 atom stereocenters. The molecule has 0 radical (unpaired) electrons. The SMILES string of the molecule is CC(C)[C@H](N)C(=O)N[C@@H](Cc1cnc[nH]1)C(=O)N[C@@H](Cc1ccccc1)C(=O)O. The van der Waals surface area contributed by atoms with Crippen molar-refractivity contribution in [3.63, 3.8) is 0 Å². The van der Waals surface area contributed by atoms with Gasteiger partial charge in [-0.3, -0.25) is 9.59 Å². The maximum absolute atomic E-state index is 12.8. The first-order valence-electron chi connectivity index (χ1n) is 9.38. The van der Waals surface area contributed by atoms with E-state index in [9.17, 15) is 19.5 Å². The van der Waals surface area contributed by atoms with Crippen molar-refractivity contribution in [2.24, 2.45) is 11.7 Å². The third kappa shape index (κ3) is 6.72. The van der Waals surface area contributed by atoms with Gasteiger partial charge in [-0.05, 0) is 11.5 Å². The summed E-state index contributed by atoms with van der Waals surface area (Å²) in [4.78, 5) is 43.7. The van der Waals surface area contributed by atoms with Crippen molar-refractivity contribution in [1.29, 1.82) is 0 Å². The summed E-state index contributed by atoms with van der Waals surface area (Å²) in [6, 6.07) is 6.07. The minimum atomic E-state index is -1.16. The second kappa shape index (κ2) is 10.4. The van der Waals surface area contributed by atoms with Crippen molar-refractivity contribution >= 4 is 17.8 Å². The summed E-state index contributed by atoms with van der Waals surface area (Å²) in [5.74, 6) is -2.36. The first-order chi connectivity index (χ1) is 13.8. The van der Waals surface area contributed by atoms with E-state index >= 15 is 0 Å². The summed E-state index contributed by atoms with van der Waals surface area (Å²) in [6.07, 6.45) is 3.24. The minimum Gasteiger partial charge on any atom is -0.480 e. The van der Waals surface area contributed by atoms with Crippen LogP contribution in [0.5, 0.6) is 0 Å². The maximum atomic E-state index is 12.8. The fourth-order valence-corrected chi connectivity index (χ4v) is 2.72. The van der Waals surface area contributed by atoms with Crippen LogP contribution in [0.3, 0.4) is 0 Å². The molecule has 0 spiro atoms. The van der Waals surface area contributed by atoms with E-state index in [-0.39, 0.29) is 18.8 Å². The summed E-state index contributed by atoms with van der Waals surface area (Å²) >= 11 is 0. The number of hydrogen-bond acceptors (Lipinski definition) is 5. The van der Waals surface area contributed by atoms with E-state index in [2.05, 4.69) is 20.6 Å². The molecular formula is C20H27N5O4. The number of H-pyrrole nitrogens is 1. The van der Waals surface area contributed by atoms with Crippen LogP contribution in [0.25, 0.3) is 0 Å². The maximum Gasteiger partial charge on any atom is 0.326 e. The lowest BCUT2D eigenvalue weighted by molar-refractivity contribution is -0.142. The highest BCUT2D eigenvalue weighted by molar-refractivity contribution is 5.92. The molecule has 0 aliphatic heterocycles. The highest BCUT2D eigenvalue weighted by Crippen LogP contribution is 2.06. The van der Waals surface area contributed by atoms with Crippen LogP contribution in [0, 0.1) is 5.92 Å². The number of amides is 2. The molecular weight excluding hydrogens is 374 g/mol. The molecule has 1 aromatic heterocycles. The number of carbonyl (C=O) groups excluding carboxylic acids is 2. The molecule has 0 saturated carbocycles. The Morgan fingerprint density at radius 3 is 2.28 bits per heavy atom. The van der Waals surface area contributed by atoms with Gasteiger partial charge in [-0.25, -0.2) is 9.78 Å². The molecule has 9 heteroatoms. The lowest BCUT2D eigenvalue weighted by Crippen LogP contribution is -2.56. The van der Waals surface area contributed by atoms with Crippen molar-refractivity contribution in [1.82, 2.24) is 20.6 Å². The van der Waals surface area contributed by atoms with Crippen LogP contribution in [0.2, 0.25) is 0 Å². The first kappa shape index (κ1) is 22.1. The fraction of sp³-hybridized carbons (Fsp3) is 0.400. The van der Waals surface area contributed by atoms with Gasteiger partial charge < -0.3 is 26.5 Å². The summed E-state index contributed by atoms with van der Waals surface area (Å²) in [5.41, 5.74) is 7.27. The van der Waals surface area contributed by atoms with E-state index < -0.39 is 35.9 Å². The van der Waals surface area contributed by atoms with Gasteiger partial charge in [-0.2, -0.15) is 0 Å². The minimum absolute atomic E-state index is 0.115. The van der Waals surface area contributed by atoms with Crippen LogP contribution in [0.1, 0.15) is 25.1 Å². The number of nitrogens with one attached hydrogen (secondary N) is 3. The number of nitrogens with zero attached hydrogens (tertiary/aromatic N) is 1. The van der Waals surface area contributed by atoms with E-state index in [1.807, 2.05) is 6.07 Å². The smallest absolute Gasteiger partial charge is 0.326 e. The van der Waals surface area contributed by atoms with Gasteiger partial charge in [-0.15, -0.1) is 0 Å². The molecule has 0 unspecified atom stereocenters. The number of imidazole rings is 1. The Morgan fingerprint density at radius 1 is 1.07 bits per heavy atom. The summed E-state index contributed by atoms with van der Waals surface area (Å²) in [7, 11) is 0. The third-order valence-corrected chi connectivity index (χ3v) is 4.53. The molecule has 0 fully saturated rings. The average molecular weight is 401 g/mol. The van der Waals surface area contributed by atoms with E-state index in [0.717, 1.165) is 5.56 Å². The molecule has 0 saturated heterocycles. The molecule has 2 rings (SSSR count). The number of aromatic nitrogens is 2. The Bertz CT molecular complexity index is 808. The number of benzene rings is 1. The number of carbonyl (C=O) groups is 3. The van der Waals surface area contributed by atoms with Gasteiger partial charge in [0.25, 0.3) is 0 Å². The second-order valence-electron chi connectivity index (χ2n) is 7.20. The molecule has 6 N–H and O–H groups in total. The molecule has 29 heavy (non-hydrogen) atoms. The van der Waals surface area contributed by atoms with Crippen LogP contribution in [0.15, 0.2) is 42.9 Å². The zero-order chi connectivity index (χ0) is 21.4. The molecule has 1 heterocycles. The van der Waals surface area contributed by atoms with Gasteiger partial charge in [0.05, 0.1) is 12.4 Å². The van der Waals surface area contributed by atoms with Gasteiger partial charge in [0.15, 0.2) is 0 Å². The van der Waals surface area contributed by atoms with E-state index in [1.165, 1.54) is 12.5 Å². The van der Waals surface area contributed by atoms with Crippen LogP contribution >= 0.6 is 0 Å². The molecule has 156 valence electrons. The third-order valence-electron chi connectivity index (χ3n) is 4.53. The monoisotopic (exact) mass is 401 g/mol. The van der Waals surface area contributed by atoms with Crippen LogP contribution in [-0.4, -0.2) is 51.0 Å². The summed E-state index contributed by atoms with van der Waals surface area (Å²) < 4.78 is 0. The predicted molar refractivity (Wildman–Crippen MR) is 107 cm³/mol. The molecule has 2 aromatic rings. The molecule has 0 bridgehead atoms. The van der Waals surface area contributed by atoms with Gasteiger partial charge in [-0.1, -0.05) is 44.2 Å². The largest absolute Gasteiger partial charge is 0.480 e. The number of rotatable bonds is 10. The zero-order valence-electron chi connectivity index (χ0n) is 16.5. The number of nitrogens with two attached hydrogens (primary N) is 1. The van der Waals surface area contributed by atoms with Gasteiger partial charge in [0.2, 0.25) is 11.8 Å².